The van der Waals surface area contributed by atoms with Gasteiger partial charge in [0, 0.05) is 6.54 Å². The molecule has 1 aliphatic heterocycles. The molecule has 1 aromatic rings. The summed E-state index contributed by atoms with van der Waals surface area (Å²) in [6.07, 6.45) is -5.35. The van der Waals surface area contributed by atoms with Crippen LogP contribution in [0.2, 0.25) is 0 Å². The lowest BCUT2D eigenvalue weighted by Crippen LogP contribution is -2.50. The fourth-order valence-electron chi connectivity index (χ4n) is 2.92. The van der Waals surface area contributed by atoms with Crippen molar-refractivity contribution in [2.24, 2.45) is 0 Å². The Morgan fingerprint density at radius 3 is 2.32 bits per heavy atom. The third-order valence-corrected chi connectivity index (χ3v) is 4.26. The van der Waals surface area contributed by atoms with E-state index in [1.807, 2.05) is 0 Å². The minimum atomic E-state index is -4.39. The summed E-state index contributed by atoms with van der Waals surface area (Å²) in [5, 5.41) is 12.7. The summed E-state index contributed by atoms with van der Waals surface area (Å²) in [4.78, 5) is 25.7. The molecule has 156 valence electrons. The van der Waals surface area contributed by atoms with Crippen LogP contribution in [0.5, 0.6) is 0 Å². The molecule has 0 aromatic heterocycles. The molecule has 2 unspecified atom stereocenters. The van der Waals surface area contributed by atoms with Crippen LogP contribution in [0, 0.1) is 0 Å². The second-order valence-electron chi connectivity index (χ2n) is 7.70. The highest BCUT2D eigenvalue weighted by Crippen LogP contribution is 2.29. The van der Waals surface area contributed by atoms with Gasteiger partial charge in [-0.1, -0.05) is 12.1 Å². The number of likely N-dealkylation sites (tertiary alicyclic amines) is 1. The molecule has 1 saturated heterocycles. The topological polar surface area (TPSA) is 78.9 Å². The number of nitrogens with one attached hydrogen (secondary N) is 1. The zero-order chi connectivity index (χ0) is 21.1. The second-order valence-corrected chi connectivity index (χ2v) is 7.70. The lowest BCUT2D eigenvalue weighted by molar-refractivity contribution is -0.137. The summed E-state index contributed by atoms with van der Waals surface area (Å²) < 4.78 is 42.9. The summed E-state index contributed by atoms with van der Waals surface area (Å²) in [5.74, 6) is -0.436. The predicted octanol–water partition coefficient (Wildman–Crippen LogP) is 3.08. The van der Waals surface area contributed by atoms with E-state index in [9.17, 15) is 27.9 Å². The standard InChI is InChI=1S/C19H25F3N2O4/c1-18(2,3)28-17(27)24-14(8-9-15(24)25)16(26)23-11-10-12-4-6-13(7-5-12)19(20,21)22/h4-7,14-15,25H,8-11H2,1-3H3,(H,23,26). The van der Waals surface area contributed by atoms with Gasteiger partial charge < -0.3 is 15.2 Å². The summed E-state index contributed by atoms with van der Waals surface area (Å²) in [6, 6.07) is 3.86. The number of hydrogen-bond donors (Lipinski definition) is 2. The first-order valence-corrected chi connectivity index (χ1v) is 9.02. The van der Waals surface area contributed by atoms with Gasteiger partial charge in [0.25, 0.3) is 0 Å². The first-order valence-electron chi connectivity index (χ1n) is 9.02. The van der Waals surface area contributed by atoms with Gasteiger partial charge in [-0.15, -0.1) is 0 Å². The summed E-state index contributed by atoms with van der Waals surface area (Å²) in [7, 11) is 0. The Morgan fingerprint density at radius 1 is 1.18 bits per heavy atom. The van der Waals surface area contributed by atoms with Gasteiger partial charge in [-0.3, -0.25) is 9.69 Å². The molecule has 1 fully saturated rings. The monoisotopic (exact) mass is 402 g/mol. The van der Waals surface area contributed by atoms with E-state index in [2.05, 4.69) is 5.32 Å². The van der Waals surface area contributed by atoms with Crippen LogP contribution < -0.4 is 5.32 Å². The first-order chi connectivity index (χ1) is 12.9. The van der Waals surface area contributed by atoms with Gasteiger partial charge in [-0.2, -0.15) is 13.2 Å². The number of ether oxygens (including phenoxy) is 1. The lowest BCUT2D eigenvalue weighted by Gasteiger charge is -2.30. The zero-order valence-corrected chi connectivity index (χ0v) is 16.0. The molecule has 1 aromatic carbocycles. The van der Waals surface area contributed by atoms with Crippen LogP contribution in [-0.2, 0) is 22.1 Å². The number of carbonyl (C=O) groups is 2. The molecule has 0 radical (unpaired) electrons. The highest BCUT2D eigenvalue weighted by molar-refractivity contribution is 5.86. The van der Waals surface area contributed by atoms with E-state index < -0.39 is 41.6 Å². The Bertz CT molecular complexity index is 699. The average Bonchev–Trinajstić information content (AvgIpc) is 2.94. The number of halogens is 3. The maximum atomic E-state index is 12.6. The molecule has 9 heteroatoms. The normalized spacial score (nSPS) is 20.2. The average molecular weight is 402 g/mol. The predicted molar refractivity (Wildman–Crippen MR) is 95.3 cm³/mol. The largest absolute Gasteiger partial charge is 0.444 e. The number of nitrogens with zero attached hydrogens (tertiary/aromatic N) is 1. The maximum absolute atomic E-state index is 12.6. The Labute approximate surface area is 161 Å². The molecule has 28 heavy (non-hydrogen) atoms. The number of aliphatic hydroxyl groups excluding tert-OH is 1. The van der Waals surface area contributed by atoms with Crippen molar-refractivity contribution >= 4 is 12.0 Å². The SMILES string of the molecule is CC(C)(C)OC(=O)N1C(O)CCC1C(=O)NCCc1ccc(C(F)(F)F)cc1. The van der Waals surface area contributed by atoms with Gasteiger partial charge in [-0.05, 0) is 57.7 Å². The quantitative estimate of drug-likeness (QED) is 0.811. The van der Waals surface area contributed by atoms with Gasteiger partial charge in [-0.25, -0.2) is 4.79 Å². The Kier molecular flexibility index (Phi) is 6.59. The minimum absolute atomic E-state index is 0.193. The van der Waals surface area contributed by atoms with E-state index in [1.165, 1.54) is 12.1 Å². The van der Waals surface area contributed by atoms with Gasteiger partial charge in [0.15, 0.2) is 0 Å². The molecule has 0 aliphatic carbocycles. The molecular formula is C19H25F3N2O4. The number of carbonyl (C=O) groups excluding carboxylic acids is 2. The van der Waals surface area contributed by atoms with Crippen LogP contribution in [0.15, 0.2) is 24.3 Å². The van der Waals surface area contributed by atoms with Crippen LogP contribution in [0.1, 0.15) is 44.7 Å². The van der Waals surface area contributed by atoms with Crippen molar-refractivity contribution in [2.75, 3.05) is 6.54 Å². The van der Waals surface area contributed by atoms with Crippen LogP contribution in [0.4, 0.5) is 18.0 Å². The number of hydrogen-bond acceptors (Lipinski definition) is 4. The number of alkyl halides is 3. The zero-order valence-electron chi connectivity index (χ0n) is 16.0. The molecule has 1 heterocycles. The summed E-state index contributed by atoms with van der Waals surface area (Å²) in [5.41, 5.74) is -0.847. The van der Waals surface area contributed by atoms with Crippen molar-refractivity contribution in [3.05, 3.63) is 35.4 Å². The third-order valence-electron chi connectivity index (χ3n) is 4.26. The number of benzene rings is 1. The maximum Gasteiger partial charge on any atom is 0.416 e. The molecule has 2 atom stereocenters. The Balaban J connectivity index is 1.90. The van der Waals surface area contributed by atoms with Crippen molar-refractivity contribution in [3.63, 3.8) is 0 Å². The molecule has 6 nitrogen and oxygen atoms in total. The van der Waals surface area contributed by atoms with Crippen LogP contribution in [-0.4, -0.2) is 46.4 Å². The number of aliphatic hydroxyl groups is 1. The first kappa shape index (κ1) is 22.0. The summed E-state index contributed by atoms with van der Waals surface area (Å²) >= 11 is 0. The smallest absolute Gasteiger partial charge is 0.416 e. The Morgan fingerprint density at radius 2 is 1.79 bits per heavy atom. The molecule has 2 amide bonds. The van der Waals surface area contributed by atoms with Crippen molar-refractivity contribution in [3.8, 4) is 0 Å². The molecule has 1 aliphatic rings. The number of rotatable bonds is 4. The van der Waals surface area contributed by atoms with Crippen molar-refractivity contribution in [1.82, 2.24) is 10.2 Å². The molecular weight excluding hydrogens is 377 g/mol. The van der Waals surface area contributed by atoms with Crippen molar-refractivity contribution in [2.45, 2.75) is 64.1 Å². The molecule has 0 bridgehead atoms. The van der Waals surface area contributed by atoms with E-state index in [1.54, 1.807) is 20.8 Å². The van der Waals surface area contributed by atoms with Crippen LogP contribution >= 0.6 is 0 Å². The third kappa shape index (κ3) is 5.85. The molecule has 0 spiro atoms. The molecule has 0 saturated carbocycles. The van der Waals surface area contributed by atoms with E-state index >= 15 is 0 Å². The van der Waals surface area contributed by atoms with Crippen LogP contribution in [0.3, 0.4) is 0 Å². The van der Waals surface area contributed by atoms with Gasteiger partial charge in [0.05, 0.1) is 5.56 Å². The highest BCUT2D eigenvalue weighted by atomic mass is 19.4. The summed E-state index contributed by atoms with van der Waals surface area (Å²) in [6.45, 7) is 5.25. The van der Waals surface area contributed by atoms with Gasteiger partial charge in [0.2, 0.25) is 5.91 Å². The molecule has 2 N–H and O–H groups in total. The van der Waals surface area contributed by atoms with E-state index in [0.717, 1.165) is 17.0 Å². The molecule has 2 rings (SSSR count). The fourth-order valence-corrected chi connectivity index (χ4v) is 2.92. The van der Waals surface area contributed by atoms with Gasteiger partial charge >= 0.3 is 12.3 Å². The van der Waals surface area contributed by atoms with E-state index in [4.69, 9.17) is 4.74 Å². The number of amides is 2. The minimum Gasteiger partial charge on any atom is -0.444 e. The highest BCUT2D eigenvalue weighted by Gasteiger charge is 2.42. The van der Waals surface area contributed by atoms with Crippen molar-refractivity contribution in [1.29, 1.82) is 0 Å². The van der Waals surface area contributed by atoms with Crippen molar-refractivity contribution < 1.29 is 32.6 Å². The fraction of sp³-hybridized carbons (Fsp3) is 0.579. The van der Waals surface area contributed by atoms with Gasteiger partial charge in [0.1, 0.15) is 17.9 Å². The van der Waals surface area contributed by atoms with E-state index in [0.29, 0.717) is 18.4 Å². The van der Waals surface area contributed by atoms with E-state index in [-0.39, 0.29) is 13.0 Å². The Hall–Kier alpha value is -2.29. The second kappa shape index (κ2) is 8.38. The lowest BCUT2D eigenvalue weighted by atomic mass is 10.1. The van der Waals surface area contributed by atoms with Crippen LogP contribution in [0.25, 0.3) is 0 Å².